The quantitative estimate of drug-likeness (QED) is 0.674. The smallest absolute Gasteiger partial charge is 0.288 e. The third-order valence-corrected chi connectivity index (χ3v) is 2.69. The minimum Gasteiger partial charge on any atom is -0.372 e. The molecule has 3 aromatic rings. The van der Waals surface area contributed by atoms with Gasteiger partial charge in [-0.25, -0.2) is 0 Å². The lowest BCUT2D eigenvalue weighted by Crippen LogP contribution is -2.33. The van der Waals surface area contributed by atoms with Crippen LogP contribution in [0.2, 0.25) is 0 Å². The number of H-pyrrole nitrogens is 1. The second-order valence-electron chi connectivity index (χ2n) is 3.91. The van der Waals surface area contributed by atoms with Crippen molar-refractivity contribution in [2.75, 3.05) is 0 Å². The van der Waals surface area contributed by atoms with Crippen LogP contribution in [0.15, 0.2) is 58.1 Å². The molecular formula is C13H11N2O2+. The molecule has 0 atom stereocenters. The first-order valence-corrected chi connectivity index (χ1v) is 5.37. The minimum absolute atomic E-state index is 0.188. The van der Waals surface area contributed by atoms with Gasteiger partial charge in [-0.15, -0.1) is 0 Å². The number of aromatic nitrogens is 2. The largest absolute Gasteiger partial charge is 0.372 e. The Hall–Kier alpha value is -2.36. The lowest BCUT2D eigenvalue weighted by atomic mass is 10.2. The summed E-state index contributed by atoms with van der Waals surface area (Å²) in [5.74, 6) is 0. The summed E-state index contributed by atoms with van der Waals surface area (Å²) < 4.78 is 7.05. The number of aromatic amines is 1. The molecule has 0 fully saturated rings. The Morgan fingerprint density at radius 1 is 1.18 bits per heavy atom. The van der Waals surface area contributed by atoms with Gasteiger partial charge in [-0.05, 0) is 0 Å². The van der Waals surface area contributed by atoms with Gasteiger partial charge in [0.15, 0.2) is 12.7 Å². The van der Waals surface area contributed by atoms with Gasteiger partial charge in [0.2, 0.25) is 11.8 Å². The monoisotopic (exact) mass is 227 g/mol. The van der Waals surface area contributed by atoms with E-state index in [1.165, 1.54) is 5.56 Å². The van der Waals surface area contributed by atoms with E-state index in [9.17, 15) is 4.79 Å². The molecule has 0 bridgehead atoms. The highest BCUT2D eigenvalue weighted by atomic mass is 16.5. The molecule has 0 amide bonds. The highest BCUT2D eigenvalue weighted by Gasteiger charge is 2.09. The molecule has 3 rings (SSSR count). The molecule has 4 nitrogen and oxygen atoms in total. The Kier molecular flexibility index (Phi) is 2.26. The van der Waals surface area contributed by atoms with E-state index in [2.05, 4.69) is 17.3 Å². The number of nitrogens with zero attached hydrogens (tertiary/aromatic N) is 1. The molecule has 2 heterocycles. The van der Waals surface area contributed by atoms with Crippen LogP contribution in [0, 0.1) is 0 Å². The van der Waals surface area contributed by atoms with Crippen LogP contribution in [0.4, 0.5) is 0 Å². The lowest BCUT2D eigenvalue weighted by Gasteiger charge is -1.96. The van der Waals surface area contributed by atoms with E-state index in [1.807, 2.05) is 35.2 Å². The zero-order valence-electron chi connectivity index (χ0n) is 9.09. The maximum absolute atomic E-state index is 11.3. The SMILES string of the molecule is O=c1[nH]oc2c[n+](Cc3ccccc3)ccc12. The van der Waals surface area contributed by atoms with E-state index in [1.54, 1.807) is 6.07 Å². The number of pyridine rings is 1. The van der Waals surface area contributed by atoms with Crippen LogP contribution in [0.1, 0.15) is 5.56 Å². The van der Waals surface area contributed by atoms with Gasteiger partial charge in [0, 0.05) is 11.6 Å². The lowest BCUT2D eigenvalue weighted by molar-refractivity contribution is -0.687. The fourth-order valence-corrected chi connectivity index (χ4v) is 1.83. The first-order valence-electron chi connectivity index (χ1n) is 5.37. The third-order valence-electron chi connectivity index (χ3n) is 2.69. The van der Waals surface area contributed by atoms with Crippen molar-refractivity contribution >= 4 is 11.0 Å². The fourth-order valence-electron chi connectivity index (χ4n) is 1.83. The van der Waals surface area contributed by atoms with Crippen LogP contribution in [-0.4, -0.2) is 5.16 Å². The average Bonchev–Trinajstić information content (AvgIpc) is 2.72. The van der Waals surface area contributed by atoms with E-state index >= 15 is 0 Å². The molecule has 84 valence electrons. The van der Waals surface area contributed by atoms with Crippen molar-refractivity contribution in [1.29, 1.82) is 0 Å². The molecule has 0 saturated heterocycles. The zero-order chi connectivity index (χ0) is 11.7. The van der Waals surface area contributed by atoms with Gasteiger partial charge in [-0.2, -0.15) is 9.72 Å². The molecule has 2 aromatic heterocycles. The predicted molar refractivity (Wildman–Crippen MR) is 62.6 cm³/mol. The highest BCUT2D eigenvalue weighted by Crippen LogP contribution is 2.05. The number of hydrogen-bond donors (Lipinski definition) is 1. The summed E-state index contributed by atoms with van der Waals surface area (Å²) in [6.07, 6.45) is 3.69. The fraction of sp³-hybridized carbons (Fsp3) is 0.0769. The van der Waals surface area contributed by atoms with Crippen LogP contribution in [0.3, 0.4) is 0 Å². The van der Waals surface area contributed by atoms with Crippen molar-refractivity contribution in [3.05, 3.63) is 64.7 Å². The van der Waals surface area contributed by atoms with Crippen molar-refractivity contribution in [2.45, 2.75) is 6.54 Å². The number of benzene rings is 1. The van der Waals surface area contributed by atoms with E-state index < -0.39 is 0 Å². The number of fused-ring (bicyclic) bond motifs is 1. The maximum Gasteiger partial charge on any atom is 0.288 e. The predicted octanol–water partition coefficient (Wildman–Crippen LogP) is 1.46. The van der Waals surface area contributed by atoms with Crippen LogP contribution < -0.4 is 10.1 Å². The Morgan fingerprint density at radius 3 is 2.82 bits per heavy atom. The van der Waals surface area contributed by atoms with Crippen LogP contribution in [-0.2, 0) is 6.54 Å². The molecule has 0 unspecified atom stereocenters. The molecule has 0 aliphatic carbocycles. The van der Waals surface area contributed by atoms with Gasteiger partial charge in [0.25, 0.3) is 5.56 Å². The average molecular weight is 227 g/mol. The molecule has 0 spiro atoms. The number of nitrogens with one attached hydrogen (secondary N) is 1. The van der Waals surface area contributed by atoms with E-state index in [0.29, 0.717) is 11.0 Å². The molecule has 1 aromatic carbocycles. The summed E-state index contributed by atoms with van der Waals surface area (Å²) in [6.45, 7) is 0.756. The Morgan fingerprint density at radius 2 is 2.00 bits per heavy atom. The van der Waals surface area contributed by atoms with Crippen LogP contribution in [0.25, 0.3) is 11.0 Å². The first-order chi connectivity index (χ1) is 8.33. The van der Waals surface area contributed by atoms with E-state index in [-0.39, 0.29) is 5.56 Å². The van der Waals surface area contributed by atoms with Gasteiger partial charge in [0.05, 0.1) is 5.39 Å². The molecule has 17 heavy (non-hydrogen) atoms. The maximum atomic E-state index is 11.3. The molecule has 4 heteroatoms. The third kappa shape index (κ3) is 1.85. The second kappa shape index (κ2) is 3.90. The minimum atomic E-state index is -0.188. The second-order valence-corrected chi connectivity index (χ2v) is 3.91. The number of rotatable bonds is 2. The standard InChI is InChI=1S/C13H10N2O2/c16-13-11-6-7-15(9-12(11)17-14-13)8-10-4-2-1-3-5-10/h1-7,9H,8H2/p+1. The zero-order valence-corrected chi connectivity index (χ0v) is 9.09. The Labute approximate surface area is 97.1 Å². The molecule has 0 radical (unpaired) electrons. The highest BCUT2D eigenvalue weighted by molar-refractivity contribution is 5.73. The van der Waals surface area contributed by atoms with Crippen LogP contribution in [0.5, 0.6) is 0 Å². The van der Waals surface area contributed by atoms with Crippen molar-refractivity contribution in [2.24, 2.45) is 0 Å². The van der Waals surface area contributed by atoms with Gasteiger partial charge in [-0.1, -0.05) is 30.3 Å². The van der Waals surface area contributed by atoms with Crippen LogP contribution >= 0.6 is 0 Å². The summed E-state index contributed by atoms with van der Waals surface area (Å²) in [7, 11) is 0. The summed E-state index contributed by atoms with van der Waals surface area (Å²) in [5.41, 5.74) is 1.59. The van der Waals surface area contributed by atoms with Crippen molar-refractivity contribution in [1.82, 2.24) is 5.16 Å². The molecule has 1 N–H and O–H groups in total. The summed E-state index contributed by atoms with van der Waals surface area (Å²) in [4.78, 5) is 11.3. The topological polar surface area (TPSA) is 49.9 Å². The Bertz CT molecular complexity index is 698. The van der Waals surface area contributed by atoms with Gasteiger partial charge in [0.1, 0.15) is 0 Å². The Balaban J connectivity index is 1.99. The van der Waals surface area contributed by atoms with Gasteiger partial charge < -0.3 is 4.52 Å². The first kappa shape index (κ1) is 9.84. The van der Waals surface area contributed by atoms with E-state index in [0.717, 1.165) is 6.54 Å². The van der Waals surface area contributed by atoms with E-state index in [4.69, 9.17) is 4.52 Å². The molecule has 0 aliphatic heterocycles. The normalized spacial score (nSPS) is 10.8. The van der Waals surface area contributed by atoms with Crippen molar-refractivity contribution < 1.29 is 9.09 Å². The van der Waals surface area contributed by atoms with Crippen molar-refractivity contribution in [3.8, 4) is 0 Å². The molecular weight excluding hydrogens is 216 g/mol. The molecule has 0 saturated carbocycles. The molecule has 0 aliphatic rings. The van der Waals surface area contributed by atoms with Gasteiger partial charge >= 0.3 is 0 Å². The summed E-state index contributed by atoms with van der Waals surface area (Å²) in [6, 6.07) is 11.9. The number of hydrogen-bond acceptors (Lipinski definition) is 2. The van der Waals surface area contributed by atoms with Crippen molar-refractivity contribution in [3.63, 3.8) is 0 Å². The summed E-state index contributed by atoms with van der Waals surface area (Å²) >= 11 is 0. The van der Waals surface area contributed by atoms with Gasteiger partial charge in [-0.3, -0.25) is 4.79 Å². The summed E-state index contributed by atoms with van der Waals surface area (Å²) in [5, 5.41) is 2.90.